The topological polar surface area (TPSA) is 150 Å². The Morgan fingerprint density at radius 3 is 1.92 bits per heavy atom. The Kier molecular flexibility index (Phi) is 4.18. The quantitative estimate of drug-likeness (QED) is 0.333. The molecule has 7 nitrogen and oxygen atoms in total. The van der Waals surface area contributed by atoms with Crippen LogP contribution in [0.5, 0.6) is 0 Å². The van der Waals surface area contributed by atoms with Crippen LogP contribution in [0.3, 0.4) is 0 Å². The maximum Gasteiger partial charge on any atom is 0.328 e. The van der Waals surface area contributed by atoms with Crippen LogP contribution in [0.1, 0.15) is 0 Å². The van der Waals surface area contributed by atoms with Crippen LogP contribution < -0.4 is 17.2 Å². The molecule has 0 aliphatic heterocycles. The Labute approximate surface area is 73.9 Å². The fourth-order valence-corrected chi connectivity index (χ4v) is 0.601. The minimum absolute atomic E-state index is 0.417. The number of Topliss-reactive ketones (excluding diaryl/α,β-unsaturated/α-hetero) is 2. The van der Waals surface area contributed by atoms with E-state index in [-0.39, 0.29) is 0 Å². The molecule has 2 unspecified atom stereocenters. The molecule has 0 saturated heterocycles. The molecule has 74 valence electrons. The van der Waals surface area contributed by atoms with Crippen LogP contribution >= 0.6 is 0 Å². The average molecular weight is 189 g/mol. The van der Waals surface area contributed by atoms with Gasteiger partial charge < -0.3 is 22.3 Å². The molecule has 0 saturated carbocycles. The van der Waals surface area contributed by atoms with Crippen LogP contribution in [0.25, 0.3) is 0 Å². The summed E-state index contributed by atoms with van der Waals surface area (Å²) in [5, 5.41) is 8.31. The largest absolute Gasteiger partial charge is 0.480 e. The van der Waals surface area contributed by atoms with Gasteiger partial charge >= 0.3 is 5.97 Å². The van der Waals surface area contributed by atoms with Crippen LogP contribution in [0.2, 0.25) is 0 Å². The number of rotatable bonds is 5. The van der Waals surface area contributed by atoms with Crippen molar-refractivity contribution in [2.45, 2.75) is 12.1 Å². The summed E-state index contributed by atoms with van der Waals surface area (Å²) in [4.78, 5) is 32.0. The third kappa shape index (κ3) is 2.90. The number of ketones is 2. The van der Waals surface area contributed by atoms with Crippen LogP contribution in [-0.4, -0.2) is 41.3 Å². The van der Waals surface area contributed by atoms with Gasteiger partial charge in [-0.1, -0.05) is 0 Å². The second-order valence-electron chi connectivity index (χ2n) is 2.37. The van der Waals surface area contributed by atoms with Crippen LogP contribution in [-0.2, 0) is 14.4 Å². The molecule has 0 aromatic heterocycles. The van der Waals surface area contributed by atoms with Crippen molar-refractivity contribution in [2.24, 2.45) is 17.2 Å². The van der Waals surface area contributed by atoms with Crippen LogP contribution in [0, 0.1) is 0 Å². The van der Waals surface area contributed by atoms with Crippen LogP contribution in [0.15, 0.2) is 0 Å². The summed E-state index contributed by atoms with van der Waals surface area (Å²) in [6, 6.07) is -3.32. The zero-order valence-electron chi connectivity index (χ0n) is 6.77. The van der Waals surface area contributed by atoms with Gasteiger partial charge in [-0.25, -0.2) is 0 Å². The van der Waals surface area contributed by atoms with Crippen molar-refractivity contribution in [3.05, 3.63) is 0 Å². The molecule has 2 atom stereocenters. The maximum absolute atomic E-state index is 11.0. The predicted molar refractivity (Wildman–Crippen MR) is 42.7 cm³/mol. The molecule has 13 heavy (non-hydrogen) atoms. The van der Waals surface area contributed by atoms with E-state index in [1.54, 1.807) is 0 Å². The highest BCUT2D eigenvalue weighted by atomic mass is 16.4. The zero-order chi connectivity index (χ0) is 10.6. The first kappa shape index (κ1) is 11.7. The van der Waals surface area contributed by atoms with Gasteiger partial charge in [-0.3, -0.25) is 14.4 Å². The molecule has 0 amide bonds. The molecular weight excluding hydrogens is 178 g/mol. The summed E-state index contributed by atoms with van der Waals surface area (Å²) in [5.74, 6) is -3.30. The second-order valence-corrected chi connectivity index (χ2v) is 2.37. The van der Waals surface area contributed by atoms with E-state index in [1.165, 1.54) is 0 Å². The maximum atomic E-state index is 11.0. The highest BCUT2D eigenvalue weighted by Crippen LogP contribution is 1.90. The Morgan fingerprint density at radius 2 is 1.62 bits per heavy atom. The summed E-state index contributed by atoms with van der Waals surface area (Å²) in [6.07, 6.45) is 0. The lowest BCUT2D eigenvalue weighted by molar-refractivity contribution is -0.143. The van der Waals surface area contributed by atoms with Gasteiger partial charge in [0.1, 0.15) is 6.04 Å². The predicted octanol–water partition coefficient (Wildman–Crippen LogP) is -3.18. The van der Waals surface area contributed by atoms with Gasteiger partial charge in [0, 0.05) is 0 Å². The summed E-state index contributed by atoms with van der Waals surface area (Å²) >= 11 is 0. The van der Waals surface area contributed by atoms with E-state index in [2.05, 4.69) is 0 Å². The monoisotopic (exact) mass is 189 g/mol. The van der Waals surface area contributed by atoms with Crippen molar-refractivity contribution in [2.75, 3.05) is 6.54 Å². The Hall–Kier alpha value is -1.31. The first-order valence-corrected chi connectivity index (χ1v) is 3.42. The van der Waals surface area contributed by atoms with E-state index < -0.39 is 36.2 Å². The summed E-state index contributed by atoms with van der Waals surface area (Å²) in [6.45, 7) is -0.417. The third-order valence-corrected chi connectivity index (χ3v) is 1.43. The van der Waals surface area contributed by atoms with Gasteiger partial charge in [0.15, 0.2) is 17.6 Å². The first-order chi connectivity index (χ1) is 5.91. The standard InChI is InChI=1S/C6H11N3O4/c7-1-2(10)3(8)5(11)4(9)6(12)13/h3-4H,1,7-9H2,(H,12,13). The number of hydrogen-bond acceptors (Lipinski definition) is 6. The summed E-state index contributed by atoms with van der Waals surface area (Å²) < 4.78 is 0. The second kappa shape index (κ2) is 4.65. The molecule has 0 rings (SSSR count). The Balaban J connectivity index is 4.42. The fourth-order valence-electron chi connectivity index (χ4n) is 0.601. The normalized spacial score (nSPS) is 14.7. The molecule has 0 aliphatic carbocycles. The van der Waals surface area contributed by atoms with E-state index in [0.29, 0.717) is 0 Å². The third-order valence-electron chi connectivity index (χ3n) is 1.43. The lowest BCUT2D eigenvalue weighted by atomic mass is 10.0. The molecule has 0 bridgehead atoms. The fraction of sp³-hybridized carbons (Fsp3) is 0.500. The molecule has 0 radical (unpaired) electrons. The van der Waals surface area contributed by atoms with Crippen molar-refractivity contribution in [3.8, 4) is 0 Å². The number of hydrogen-bond donors (Lipinski definition) is 4. The molecular formula is C6H11N3O4. The van der Waals surface area contributed by atoms with E-state index in [1.807, 2.05) is 0 Å². The van der Waals surface area contributed by atoms with Crippen molar-refractivity contribution in [3.63, 3.8) is 0 Å². The minimum atomic E-state index is -1.77. The smallest absolute Gasteiger partial charge is 0.328 e. The van der Waals surface area contributed by atoms with Gasteiger partial charge in [0.25, 0.3) is 0 Å². The molecule has 0 aromatic rings. The van der Waals surface area contributed by atoms with Gasteiger partial charge in [0.05, 0.1) is 6.54 Å². The van der Waals surface area contributed by atoms with E-state index in [0.717, 1.165) is 0 Å². The lowest BCUT2D eigenvalue weighted by Crippen LogP contribution is -2.52. The van der Waals surface area contributed by atoms with Crippen molar-refractivity contribution in [1.29, 1.82) is 0 Å². The van der Waals surface area contributed by atoms with E-state index >= 15 is 0 Å². The molecule has 0 heterocycles. The highest BCUT2D eigenvalue weighted by molar-refractivity contribution is 6.15. The Morgan fingerprint density at radius 1 is 1.15 bits per heavy atom. The number of carbonyl (C=O) groups is 3. The summed E-state index contributed by atoms with van der Waals surface area (Å²) in [5.41, 5.74) is 14.9. The number of carboxylic acids is 1. The number of aliphatic carboxylic acids is 1. The Bertz CT molecular complexity index is 240. The van der Waals surface area contributed by atoms with Crippen molar-refractivity contribution in [1.82, 2.24) is 0 Å². The van der Waals surface area contributed by atoms with Gasteiger partial charge in [-0.15, -0.1) is 0 Å². The highest BCUT2D eigenvalue weighted by Gasteiger charge is 2.30. The SMILES string of the molecule is NCC(=O)C(N)C(=O)C(N)C(=O)O. The molecule has 0 aliphatic rings. The minimum Gasteiger partial charge on any atom is -0.480 e. The number of carboxylic acid groups (broad SMARTS) is 1. The number of carbonyl (C=O) groups excluding carboxylic acids is 2. The van der Waals surface area contributed by atoms with E-state index in [9.17, 15) is 14.4 Å². The average Bonchev–Trinajstić information content (AvgIpc) is 2.12. The molecule has 7 N–H and O–H groups in total. The van der Waals surface area contributed by atoms with Gasteiger partial charge in [0.2, 0.25) is 0 Å². The van der Waals surface area contributed by atoms with E-state index in [4.69, 9.17) is 22.3 Å². The summed E-state index contributed by atoms with van der Waals surface area (Å²) in [7, 11) is 0. The first-order valence-electron chi connectivity index (χ1n) is 3.42. The molecule has 0 spiro atoms. The zero-order valence-corrected chi connectivity index (χ0v) is 6.77. The van der Waals surface area contributed by atoms with Gasteiger partial charge in [-0.2, -0.15) is 0 Å². The molecule has 7 heteroatoms. The molecule has 0 aromatic carbocycles. The van der Waals surface area contributed by atoms with Crippen molar-refractivity contribution >= 4 is 17.5 Å². The number of nitrogens with two attached hydrogens (primary N) is 3. The molecule has 0 fully saturated rings. The van der Waals surface area contributed by atoms with Crippen LogP contribution in [0.4, 0.5) is 0 Å². The van der Waals surface area contributed by atoms with Crippen molar-refractivity contribution < 1.29 is 19.5 Å². The van der Waals surface area contributed by atoms with Gasteiger partial charge in [-0.05, 0) is 0 Å². The lowest BCUT2D eigenvalue weighted by Gasteiger charge is -2.10.